The van der Waals surface area contributed by atoms with Crippen LogP contribution in [-0.2, 0) is 20.4 Å². The molecule has 0 aliphatic rings. The Morgan fingerprint density at radius 2 is 0.288 bits per heavy atom. The van der Waals surface area contributed by atoms with Gasteiger partial charge in [0.1, 0.15) is 0 Å². The van der Waals surface area contributed by atoms with Gasteiger partial charge in [-0.25, -0.2) is 31.7 Å². The van der Waals surface area contributed by atoms with E-state index in [4.69, 9.17) is 0 Å². The molecule has 0 N–H and O–H groups in total. The van der Waals surface area contributed by atoms with Crippen LogP contribution in [0.2, 0.25) is 0 Å². The zero-order valence-corrected chi connectivity index (χ0v) is 39.1. The molecule has 0 fully saturated rings. The van der Waals surface area contributed by atoms with Crippen LogP contribution in [-0.4, -0.2) is 0 Å². The average molecular weight is 972 g/mol. The zero-order chi connectivity index (χ0) is 38.0. The van der Waals surface area contributed by atoms with Crippen LogP contribution in [0.1, 0.15) is 0 Å². The van der Waals surface area contributed by atoms with E-state index in [1.807, 2.05) is 0 Å². The molecule has 8 rings (SSSR count). The zero-order valence-electron chi connectivity index (χ0n) is 32.3. The van der Waals surface area contributed by atoms with Gasteiger partial charge < -0.3 is 24.6 Å². The van der Waals surface area contributed by atoms with Crippen LogP contribution in [0.4, 0.5) is 0 Å². The molecule has 0 bridgehead atoms. The van der Waals surface area contributed by atoms with Gasteiger partial charge in [0.15, 0.2) is 0 Å². The van der Waals surface area contributed by atoms with Gasteiger partial charge >= 0.3 is 0 Å². The minimum absolute atomic E-state index is 0. The summed E-state index contributed by atoms with van der Waals surface area (Å²) in [6.07, 6.45) is 9.80. The first-order valence-corrected chi connectivity index (χ1v) is 24.4. The van der Waals surface area contributed by atoms with Crippen molar-refractivity contribution >= 4 is 98.9 Å². The monoisotopic (exact) mass is 970 g/mol. The second-order valence-electron chi connectivity index (χ2n) is 12.8. The van der Waals surface area contributed by atoms with E-state index in [0.717, 1.165) is 0 Å². The molecule has 0 nitrogen and oxygen atoms in total. The molecule has 0 aliphatic heterocycles. The summed E-state index contributed by atoms with van der Waals surface area (Å²) in [5.74, 6) is 0. The van der Waals surface area contributed by atoms with Crippen molar-refractivity contribution in [3.05, 3.63) is 267 Å². The van der Waals surface area contributed by atoms with Crippen LogP contribution in [0.3, 0.4) is 0 Å². The Kier molecular flexibility index (Phi) is 22.0. The Balaban J connectivity index is 0.000000248. The molecule has 0 radical (unpaired) electrons. The first-order valence-electron chi connectivity index (χ1n) is 18.8. The molecule has 0 atom stereocenters. The standard InChI is InChI=1S/2C26H22P2.2ClH.Pd/c2*1-5-13-23(14-6-1)27(24-15-7-2-8-16-24)21-22-28(25-17-9-3-10-18-25)26-19-11-4-12-20-26;;;/h2*1-22H;2*1H;/q2*-2;;;. The normalized spacial score (nSPS) is 10.5. The quantitative estimate of drug-likeness (QED) is 0.0579. The molecule has 8 aromatic carbocycles. The SMILES string of the molecule is Cl.Cl.[Pd].c1ccc(P([CH-][CH-]P(c2ccccc2)c2ccccc2)c2ccccc2)cc1.c1ccc(P([CH-][CH-]P(c2ccccc2)c2ccccc2)c2ccccc2)cc1. The van der Waals surface area contributed by atoms with Crippen LogP contribution in [0.15, 0.2) is 243 Å². The van der Waals surface area contributed by atoms with Gasteiger partial charge in [0.05, 0.1) is 0 Å². The summed E-state index contributed by atoms with van der Waals surface area (Å²) in [4.78, 5) is 0. The Morgan fingerprint density at radius 3 is 0.390 bits per heavy atom. The number of hydrogen-bond donors (Lipinski definition) is 0. The molecule has 7 heteroatoms. The van der Waals surface area contributed by atoms with Crippen LogP contribution in [0, 0.1) is 24.6 Å². The van der Waals surface area contributed by atoms with E-state index in [9.17, 15) is 0 Å². The Hall–Kier alpha value is -3.28. The van der Waals surface area contributed by atoms with E-state index < -0.39 is 31.7 Å². The third-order valence-corrected chi connectivity index (χ3v) is 18.1. The fraction of sp³-hybridized carbons (Fsp3) is 0. The molecule has 0 heterocycles. The van der Waals surface area contributed by atoms with Crippen molar-refractivity contribution in [2.24, 2.45) is 0 Å². The summed E-state index contributed by atoms with van der Waals surface area (Å²) >= 11 is 0. The Labute approximate surface area is 383 Å². The number of hydrogen-bond acceptors (Lipinski definition) is 0. The van der Waals surface area contributed by atoms with Crippen molar-refractivity contribution in [3.8, 4) is 0 Å². The van der Waals surface area contributed by atoms with Crippen molar-refractivity contribution < 1.29 is 20.4 Å². The fourth-order valence-corrected chi connectivity index (χ4v) is 14.9. The van der Waals surface area contributed by atoms with E-state index >= 15 is 0 Å². The van der Waals surface area contributed by atoms with Gasteiger partial charge in [-0.1, -0.05) is 285 Å². The first-order chi connectivity index (χ1) is 27.8. The van der Waals surface area contributed by atoms with Gasteiger partial charge in [-0.15, -0.1) is 24.8 Å². The van der Waals surface area contributed by atoms with E-state index in [1.54, 1.807) is 0 Å². The van der Waals surface area contributed by atoms with Gasteiger partial charge in [0.2, 0.25) is 0 Å². The van der Waals surface area contributed by atoms with Crippen molar-refractivity contribution in [3.63, 3.8) is 0 Å². The minimum atomic E-state index is -0.528. The molecule has 0 unspecified atom stereocenters. The summed E-state index contributed by atoms with van der Waals surface area (Å²) in [6, 6.07) is 86.9. The van der Waals surface area contributed by atoms with Crippen LogP contribution in [0.25, 0.3) is 0 Å². The Bertz CT molecular complexity index is 1770. The molecule has 302 valence electrons. The smallest absolute Gasteiger partial charge is 0 e. The molecular formula is C52H46Cl2P4Pd-4. The molecule has 0 amide bonds. The van der Waals surface area contributed by atoms with Crippen molar-refractivity contribution in [2.75, 3.05) is 0 Å². The van der Waals surface area contributed by atoms with E-state index in [-0.39, 0.29) is 45.2 Å². The topological polar surface area (TPSA) is 0 Å². The fourth-order valence-electron chi connectivity index (χ4n) is 6.26. The molecular weight excluding hydrogens is 926 g/mol. The van der Waals surface area contributed by atoms with E-state index in [2.05, 4.69) is 267 Å². The second kappa shape index (κ2) is 26.8. The van der Waals surface area contributed by atoms with Crippen molar-refractivity contribution in [2.45, 2.75) is 0 Å². The molecule has 0 spiro atoms. The van der Waals surface area contributed by atoms with Gasteiger partial charge in [-0.2, -0.15) is 0 Å². The Morgan fingerprint density at radius 1 is 0.186 bits per heavy atom. The number of halogens is 2. The van der Waals surface area contributed by atoms with Gasteiger partial charge in [-0.3, -0.25) is 0 Å². The van der Waals surface area contributed by atoms with Crippen LogP contribution < -0.4 is 42.4 Å². The maximum atomic E-state index is 2.45. The third-order valence-electron chi connectivity index (χ3n) is 9.00. The largest absolute Gasteiger partial charge is 0.454 e. The summed E-state index contributed by atoms with van der Waals surface area (Å²) in [5.41, 5.74) is 0. The summed E-state index contributed by atoms with van der Waals surface area (Å²) in [6.45, 7) is 0. The van der Waals surface area contributed by atoms with Gasteiger partial charge in [0, 0.05) is 20.4 Å². The van der Waals surface area contributed by atoms with Crippen LogP contribution in [0.5, 0.6) is 0 Å². The average Bonchev–Trinajstić information content (AvgIpc) is 3.29. The molecule has 0 aliphatic carbocycles. The summed E-state index contributed by atoms with van der Waals surface area (Å²) < 4.78 is 0. The predicted molar refractivity (Wildman–Crippen MR) is 268 cm³/mol. The maximum absolute atomic E-state index is 2.45. The minimum Gasteiger partial charge on any atom is -0.454 e. The van der Waals surface area contributed by atoms with Crippen LogP contribution >= 0.6 is 56.5 Å². The maximum Gasteiger partial charge on any atom is 0 e. The predicted octanol–water partition coefficient (Wildman–Crippen LogP) is 12.0. The summed E-state index contributed by atoms with van der Waals surface area (Å²) in [7, 11) is -2.11. The first kappa shape index (κ1) is 48.4. The van der Waals surface area contributed by atoms with Gasteiger partial charge in [-0.05, 0) is 0 Å². The van der Waals surface area contributed by atoms with E-state index in [0.29, 0.717) is 0 Å². The van der Waals surface area contributed by atoms with Gasteiger partial charge in [0.25, 0.3) is 0 Å². The number of benzene rings is 8. The third kappa shape index (κ3) is 14.4. The number of rotatable bonds is 14. The van der Waals surface area contributed by atoms with E-state index in [1.165, 1.54) is 42.4 Å². The van der Waals surface area contributed by atoms with Crippen molar-refractivity contribution in [1.29, 1.82) is 0 Å². The molecule has 0 saturated carbocycles. The molecule has 0 saturated heterocycles. The molecule has 59 heavy (non-hydrogen) atoms. The second-order valence-corrected chi connectivity index (χ2v) is 21.0. The summed E-state index contributed by atoms with van der Waals surface area (Å²) in [5, 5.41) is 11.1. The molecule has 0 aromatic heterocycles. The molecule has 8 aromatic rings. The van der Waals surface area contributed by atoms with Crippen molar-refractivity contribution in [1.82, 2.24) is 0 Å².